The first-order chi connectivity index (χ1) is 10.0. The molecule has 0 aliphatic heterocycles. The molecule has 110 valence electrons. The predicted molar refractivity (Wildman–Crippen MR) is 83.2 cm³/mol. The van der Waals surface area contributed by atoms with Crippen LogP contribution in [-0.4, -0.2) is 12.0 Å². The summed E-state index contributed by atoms with van der Waals surface area (Å²) in [7, 11) is 1.62. The second kappa shape index (κ2) is 6.45. The van der Waals surface area contributed by atoms with Gasteiger partial charge in [0.2, 0.25) is 0 Å². The number of benzene rings is 2. The van der Waals surface area contributed by atoms with E-state index in [1.807, 2.05) is 25.1 Å². The third-order valence-electron chi connectivity index (χ3n) is 3.12. The number of methoxy groups -OCH3 is 1. The lowest BCUT2D eigenvalue weighted by molar-refractivity contribution is -0.384. The van der Waals surface area contributed by atoms with Gasteiger partial charge in [-0.25, -0.2) is 0 Å². The first-order valence-corrected chi connectivity index (χ1v) is 6.70. The molecule has 0 spiro atoms. The zero-order valence-corrected chi connectivity index (χ0v) is 12.5. The molecule has 0 amide bonds. The molecule has 0 radical (unpaired) electrons. The van der Waals surface area contributed by atoms with Crippen molar-refractivity contribution < 1.29 is 9.66 Å². The molecule has 2 aromatic carbocycles. The number of non-ortho nitro benzene ring substituents is 1. The van der Waals surface area contributed by atoms with Crippen LogP contribution in [0.3, 0.4) is 0 Å². The maximum atomic E-state index is 10.8. The molecule has 0 unspecified atom stereocenters. The first kappa shape index (κ1) is 15.1. The largest absolute Gasteiger partial charge is 0.496 e. The van der Waals surface area contributed by atoms with E-state index in [-0.39, 0.29) is 5.69 Å². The van der Waals surface area contributed by atoms with Crippen molar-refractivity contribution in [1.29, 1.82) is 0 Å². The molecule has 2 rings (SSSR count). The molecule has 0 heterocycles. The van der Waals surface area contributed by atoms with E-state index in [1.165, 1.54) is 18.2 Å². The topological polar surface area (TPSA) is 64.4 Å². The molecular formula is C15H15ClN2O3. The highest BCUT2D eigenvalue weighted by Crippen LogP contribution is 2.25. The molecule has 0 saturated heterocycles. The third kappa shape index (κ3) is 3.64. The van der Waals surface area contributed by atoms with Gasteiger partial charge < -0.3 is 10.1 Å². The minimum Gasteiger partial charge on any atom is -0.496 e. The predicted octanol–water partition coefficient (Wildman–Crippen LogP) is 4.18. The minimum atomic E-state index is -0.433. The fourth-order valence-electron chi connectivity index (χ4n) is 2.00. The Morgan fingerprint density at radius 2 is 2.05 bits per heavy atom. The third-order valence-corrected chi connectivity index (χ3v) is 3.49. The number of nitrogens with one attached hydrogen (secondary N) is 1. The molecule has 2 aromatic rings. The van der Waals surface area contributed by atoms with Crippen LogP contribution in [0, 0.1) is 17.0 Å². The highest BCUT2D eigenvalue weighted by Gasteiger charge is 2.09. The van der Waals surface area contributed by atoms with Crippen molar-refractivity contribution in [2.75, 3.05) is 12.4 Å². The van der Waals surface area contributed by atoms with Crippen LogP contribution in [0.2, 0.25) is 5.02 Å². The molecule has 21 heavy (non-hydrogen) atoms. The zero-order valence-electron chi connectivity index (χ0n) is 11.7. The van der Waals surface area contributed by atoms with Crippen molar-refractivity contribution in [3.05, 3.63) is 62.7 Å². The lowest BCUT2D eigenvalue weighted by Crippen LogP contribution is -2.01. The van der Waals surface area contributed by atoms with E-state index < -0.39 is 4.92 Å². The summed E-state index contributed by atoms with van der Waals surface area (Å²) in [5.41, 5.74) is 2.62. The van der Waals surface area contributed by atoms with E-state index in [0.29, 0.717) is 17.1 Å². The molecule has 0 aliphatic rings. The summed E-state index contributed by atoms with van der Waals surface area (Å²) in [6, 6.07) is 10.1. The molecule has 0 fully saturated rings. The van der Waals surface area contributed by atoms with E-state index in [9.17, 15) is 10.1 Å². The zero-order chi connectivity index (χ0) is 15.4. The van der Waals surface area contributed by atoms with E-state index in [4.69, 9.17) is 16.3 Å². The van der Waals surface area contributed by atoms with Crippen molar-refractivity contribution in [2.45, 2.75) is 13.5 Å². The second-order valence-electron chi connectivity index (χ2n) is 4.57. The molecule has 0 aromatic heterocycles. The van der Waals surface area contributed by atoms with Gasteiger partial charge in [0, 0.05) is 29.4 Å². The van der Waals surface area contributed by atoms with Crippen molar-refractivity contribution >= 4 is 23.0 Å². The lowest BCUT2D eigenvalue weighted by atomic mass is 10.1. The van der Waals surface area contributed by atoms with Crippen LogP contribution in [0.1, 0.15) is 11.1 Å². The Morgan fingerprint density at radius 1 is 1.29 bits per heavy atom. The van der Waals surface area contributed by atoms with Gasteiger partial charge in [-0.1, -0.05) is 11.6 Å². The van der Waals surface area contributed by atoms with Gasteiger partial charge >= 0.3 is 0 Å². The standard InChI is InChI=1S/C15H15ClN2O3/c1-10-7-12(3-6-15(10)21-2)17-9-11-8-13(18(19)20)4-5-14(11)16/h3-8,17H,9H2,1-2H3. The smallest absolute Gasteiger partial charge is 0.269 e. The Kier molecular flexibility index (Phi) is 4.65. The van der Waals surface area contributed by atoms with Crippen LogP contribution in [0.15, 0.2) is 36.4 Å². The molecule has 1 N–H and O–H groups in total. The average molecular weight is 307 g/mol. The molecule has 6 heteroatoms. The number of hydrogen-bond acceptors (Lipinski definition) is 4. The minimum absolute atomic E-state index is 0.0297. The van der Waals surface area contributed by atoms with Crippen LogP contribution in [0.5, 0.6) is 5.75 Å². The summed E-state index contributed by atoms with van der Waals surface area (Å²) < 4.78 is 5.20. The van der Waals surface area contributed by atoms with Gasteiger partial charge in [0.25, 0.3) is 5.69 Å². The molecule has 0 bridgehead atoms. The molecular weight excluding hydrogens is 292 g/mol. The quantitative estimate of drug-likeness (QED) is 0.665. The summed E-state index contributed by atoms with van der Waals surface area (Å²) in [4.78, 5) is 10.3. The Labute approximate surface area is 127 Å². The fourth-order valence-corrected chi connectivity index (χ4v) is 2.18. The Hall–Kier alpha value is -2.27. The van der Waals surface area contributed by atoms with E-state index in [1.54, 1.807) is 7.11 Å². The van der Waals surface area contributed by atoms with Crippen molar-refractivity contribution in [3.8, 4) is 5.75 Å². The van der Waals surface area contributed by atoms with Crippen LogP contribution in [-0.2, 0) is 6.54 Å². The number of aryl methyl sites for hydroxylation is 1. The normalized spacial score (nSPS) is 10.2. The molecule has 5 nitrogen and oxygen atoms in total. The van der Waals surface area contributed by atoms with E-state index in [2.05, 4.69) is 5.32 Å². The van der Waals surface area contributed by atoms with Crippen LogP contribution < -0.4 is 10.1 Å². The van der Waals surface area contributed by atoms with Gasteiger partial charge in [-0.2, -0.15) is 0 Å². The van der Waals surface area contributed by atoms with E-state index in [0.717, 1.165) is 17.0 Å². The fraction of sp³-hybridized carbons (Fsp3) is 0.200. The van der Waals surface area contributed by atoms with Gasteiger partial charge in [-0.05, 0) is 42.3 Å². The number of rotatable bonds is 5. The number of nitro benzene ring substituents is 1. The number of nitrogens with zero attached hydrogens (tertiary/aromatic N) is 1. The number of anilines is 1. The average Bonchev–Trinajstić information content (AvgIpc) is 2.46. The lowest BCUT2D eigenvalue weighted by Gasteiger charge is -2.10. The van der Waals surface area contributed by atoms with Gasteiger partial charge in [-0.15, -0.1) is 0 Å². The highest BCUT2D eigenvalue weighted by atomic mass is 35.5. The first-order valence-electron chi connectivity index (χ1n) is 6.32. The van der Waals surface area contributed by atoms with Crippen LogP contribution >= 0.6 is 11.6 Å². The van der Waals surface area contributed by atoms with Crippen molar-refractivity contribution in [2.24, 2.45) is 0 Å². The number of hydrogen-bond donors (Lipinski definition) is 1. The van der Waals surface area contributed by atoms with Gasteiger partial charge in [0.05, 0.1) is 12.0 Å². The number of nitro groups is 1. The molecule has 0 aliphatic carbocycles. The molecule has 0 atom stereocenters. The second-order valence-corrected chi connectivity index (χ2v) is 4.98. The maximum Gasteiger partial charge on any atom is 0.269 e. The Bertz CT molecular complexity index is 674. The summed E-state index contributed by atoms with van der Waals surface area (Å²) in [6.45, 7) is 2.36. The maximum absolute atomic E-state index is 10.8. The summed E-state index contributed by atoms with van der Waals surface area (Å²) >= 11 is 6.06. The number of ether oxygens (including phenoxy) is 1. The summed E-state index contributed by atoms with van der Waals surface area (Å²) in [6.07, 6.45) is 0. The molecule has 0 saturated carbocycles. The SMILES string of the molecule is COc1ccc(NCc2cc([N+](=O)[O-])ccc2Cl)cc1C. The van der Waals surface area contributed by atoms with Crippen molar-refractivity contribution in [1.82, 2.24) is 0 Å². The van der Waals surface area contributed by atoms with Gasteiger partial charge in [0.1, 0.15) is 5.75 Å². The van der Waals surface area contributed by atoms with Crippen LogP contribution in [0.25, 0.3) is 0 Å². The van der Waals surface area contributed by atoms with Crippen LogP contribution in [0.4, 0.5) is 11.4 Å². The van der Waals surface area contributed by atoms with E-state index >= 15 is 0 Å². The summed E-state index contributed by atoms with van der Waals surface area (Å²) in [5, 5.41) is 14.5. The van der Waals surface area contributed by atoms with Crippen molar-refractivity contribution in [3.63, 3.8) is 0 Å². The van der Waals surface area contributed by atoms with Gasteiger partial charge in [0.15, 0.2) is 0 Å². The summed E-state index contributed by atoms with van der Waals surface area (Å²) in [5.74, 6) is 0.814. The van der Waals surface area contributed by atoms with Gasteiger partial charge in [-0.3, -0.25) is 10.1 Å². The Balaban J connectivity index is 2.14. The Morgan fingerprint density at radius 3 is 2.67 bits per heavy atom. The monoisotopic (exact) mass is 306 g/mol. The number of halogens is 1. The highest BCUT2D eigenvalue weighted by molar-refractivity contribution is 6.31.